The minimum atomic E-state index is -0.0972. The van der Waals surface area contributed by atoms with E-state index in [1.165, 1.54) is 11.3 Å². The minimum Gasteiger partial charge on any atom is -0.333 e. The van der Waals surface area contributed by atoms with E-state index in [1.54, 1.807) is 6.20 Å². The van der Waals surface area contributed by atoms with E-state index in [4.69, 9.17) is 4.98 Å². The van der Waals surface area contributed by atoms with Gasteiger partial charge >= 0.3 is 0 Å². The molecule has 3 heterocycles. The zero-order valence-electron chi connectivity index (χ0n) is 19.1. The molecule has 0 aliphatic carbocycles. The van der Waals surface area contributed by atoms with Crippen molar-refractivity contribution in [2.75, 3.05) is 5.32 Å². The van der Waals surface area contributed by atoms with Gasteiger partial charge in [0, 0.05) is 42.8 Å². The number of thiazole rings is 1. The molecule has 0 atom stereocenters. The Morgan fingerprint density at radius 2 is 1.94 bits per heavy atom. The highest BCUT2D eigenvalue weighted by Crippen LogP contribution is 2.38. The van der Waals surface area contributed by atoms with E-state index in [2.05, 4.69) is 29.2 Å². The highest BCUT2D eigenvalue weighted by atomic mass is 32.1. The summed E-state index contributed by atoms with van der Waals surface area (Å²) in [7, 11) is 1.95. The SMILES string of the molecule is Cc1nn(CC(C)C)c(C)c1CC(=O)Nc1nc(-c2ccccc2)c(-c2nccn2C)s1. The lowest BCUT2D eigenvalue weighted by molar-refractivity contribution is -0.115. The first-order valence-electron chi connectivity index (χ1n) is 10.7. The van der Waals surface area contributed by atoms with Gasteiger partial charge in [-0.15, -0.1) is 0 Å². The molecule has 1 aromatic carbocycles. The predicted octanol–water partition coefficient (Wildman–Crippen LogP) is 4.86. The second kappa shape index (κ2) is 9.08. The zero-order chi connectivity index (χ0) is 22.8. The van der Waals surface area contributed by atoms with Gasteiger partial charge in [0.1, 0.15) is 0 Å². The van der Waals surface area contributed by atoms with Gasteiger partial charge < -0.3 is 9.88 Å². The highest BCUT2D eigenvalue weighted by molar-refractivity contribution is 7.19. The number of nitrogens with zero attached hydrogens (tertiary/aromatic N) is 5. The number of rotatable bonds is 7. The number of anilines is 1. The minimum absolute atomic E-state index is 0.0972. The monoisotopic (exact) mass is 448 g/mol. The summed E-state index contributed by atoms with van der Waals surface area (Å²) in [5.41, 5.74) is 4.73. The van der Waals surface area contributed by atoms with Crippen molar-refractivity contribution >= 4 is 22.4 Å². The van der Waals surface area contributed by atoms with E-state index in [0.29, 0.717) is 11.0 Å². The van der Waals surface area contributed by atoms with E-state index >= 15 is 0 Å². The summed E-state index contributed by atoms with van der Waals surface area (Å²) < 4.78 is 3.96. The molecular formula is C24H28N6OS. The number of benzene rings is 1. The smallest absolute Gasteiger partial charge is 0.230 e. The lowest BCUT2D eigenvalue weighted by Crippen LogP contribution is -2.15. The molecule has 0 saturated heterocycles. The predicted molar refractivity (Wildman–Crippen MR) is 129 cm³/mol. The molecule has 166 valence electrons. The second-order valence-corrected chi connectivity index (χ2v) is 9.37. The molecule has 7 nitrogen and oxygen atoms in total. The van der Waals surface area contributed by atoms with Crippen LogP contribution in [0.1, 0.15) is 30.8 Å². The fourth-order valence-electron chi connectivity index (χ4n) is 3.74. The average Bonchev–Trinajstić information content (AvgIpc) is 3.42. The maximum Gasteiger partial charge on any atom is 0.230 e. The molecule has 0 aliphatic heterocycles. The topological polar surface area (TPSA) is 77.6 Å². The molecule has 4 aromatic rings. The molecule has 0 bridgehead atoms. The third kappa shape index (κ3) is 4.50. The number of aromatic nitrogens is 5. The number of carbonyl (C=O) groups is 1. The first-order valence-corrected chi connectivity index (χ1v) is 11.5. The molecule has 0 saturated carbocycles. The summed E-state index contributed by atoms with van der Waals surface area (Å²) >= 11 is 1.44. The lowest BCUT2D eigenvalue weighted by atomic mass is 10.1. The van der Waals surface area contributed by atoms with Crippen molar-refractivity contribution in [1.82, 2.24) is 24.3 Å². The van der Waals surface area contributed by atoms with Crippen LogP contribution in [0.2, 0.25) is 0 Å². The molecule has 0 radical (unpaired) electrons. The highest BCUT2D eigenvalue weighted by Gasteiger charge is 2.21. The molecular weight excluding hydrogens is 420 g/mol. The molecule has 4 rings (SSSR count). The normalized spacial score (nSPS) is 11.3. The quantitative estimate of drug-likeness (QED) is 0.438. The fraction of sp³-hybridized carbons (Fsp3) is 0.333. The molecule has 32 heavy (non-hydrogen) atoms. The molecule has 0 aliphatic rings. The third-order valence-electron chi connectivity index (χ3n) is 5.35. The van der Waals surface area contributed by atoms with Gasteiger partial charge in [-0.25, -0.2) is 9.97 Å². The Labute approximate surface area is 192 Å². The fourth-order valence-corrected chi connectivity index (χ4v) is 4.78. The Morgan fingerprint density at radius 1 is 1.19 bits per heavy atom. The van der Waals surface area contributed by atoms with Crippen LogP contribution >= 0.6 is 11.3 Å². The summed E-state index contributed by atoms with van der Waals surface area (Å²) in [4.78, 5) is 23.1. The molecule has 3 aromatic heterocycles. The molecule has 0 unspecified atom stereocenters. The van der Waals surface area contributed by atoms with Crippen molar-refractivity contribution in [3.05, 3.63) is 59.7 Å². The number of carbonyl (C=O) groups excluding carboxylic acids is 1. The summed E-state index contributed by atoms with van der Waals surface area (Å²) in [6.45, 7) is 9.15. The maximum absolute atomic E-state index is 12.9. The van der Waals surface area contributed by atoms with Crippen LogP contribution in [0.25, 0.3) is 22.0 Å². The summed E-state index contributed by atoms with van der Waals surface area (Å²) in [5.74, 6) is 1.22. The number of nitrogens with one attached hydrogen (secondary N) is 1. The van der Waals surface area contributed by atoms with Gasteiger partial charge in [-0.3, -0.25) is 9.48 Å². The van der Waals surface area contributed by atoms with Crippen LogP contribution in [0.4, 0.5) is 5.13 Å². The van der Waals surface area contributed by atoms with Crippen LogP contribution in [0.3, 0.4) is 0 Å². The van der Waals surface area contributed by atoms with Crippen LogP contribution in [0, 0.1) is 19.8 Å². The Balaban J connectivity index is 1.60. The summed E-state index contributed by atoms with van der Waals surface area (Å²) in [6.07, 6.45) is 3.94. The van der Waals surface area contributed by atoms with E-state index in [0.717, 1.165) is 45.5 Å². The van der Waals surface area contributed by atoms with E-state index in [9.17, 15) is 4.79 Å². The van der Waals surface area contributed by atoms with Gasteiger partial charge in [0.05, 0.1) is 22.7 Å². The van der Waals surface area contributed by atoms with Crippen molar-refractivity contribution in [2.45, 2.75) is 40.7 Å². The zero-order valence-corrected chi connectivity index (χ0v) is 19.9. The van der Waals surface area contributed by atoms with Gasteiger partial charge in [0.15, 0.2) is 11.0 Å². The third-order valence-corrected chi connectivity index (χ3v) is 6.32. The van der Waals surface area contributed by atoms with Crippen LogP contribution in [0.15, 0.2) is 42.7 Å². The van der Waals surface area contributed by atoms with Crippen molar-refractivity contribution in [3.8, 4) is 22.0 Å². The molecule has 1 amide bonds. The largest absolute Gasteiger partial charge is 0.333 e. The number of amides is 1. The van der Waals surface area contributed by atoms with Crippen molar-refractivity contribution in [1.29, 1.82) is 0 Å². The van der Waals surface area contributed by atoms with Crippen LogP contribution in [0.5, 0.6) is 0 Å². The Morgan fingerprint density at radius 3 is 2.59 bits per heavy atom. The Kier molecular flexibility index (Phi) is 6.23. The number of hydrogen-bond acceptors (Lipinski definition) is 5. The Hall–Kier alpha value is -3.26. The van der Waals surface area contributed by atoms with Gasteiger partial charge in [-0.2, -0.15) is 5.10 Å². The van der Waals surface area contributed by atoms with E-state index < -0.39 is 0 Å². The van der Waals surface area contributed by atoms with Gasteiger partial charge in [-0.1, -0.05) is 55.5 Å². The van der Waals surface area contributed by atoms with Crippen molar-refractivity contribution in [2.24, 2.45) is 13.0 Å². The van der Waals surface area contributed by atoms with Crippen molar-refractivity contribution in [3.63, 3.8) is 0 Å². The molecule has 0 fully saturated rings. The van der Waals surface area contributed by atoms with Crippen LogP contribution < -0.4 is 5.32 Å². The first-order chi connectivity index (χ1) is 15.3. The number of aryl methyl sites for hydroxylation is 2. The number of imidazole rings is 1. The molecule has 8 heteroatoms. The van der Waals surface area contributed by atoms with Crippen LogP contribution in [-0.4, -0.2) is 30.2 Å². The second-order valence-electron chi connectivity index (χ2n) is 8.37. The standard InChI is InChI=1S/C24H28N6OS/c1-15(2)14-30-17(4)19(16(3)28-30)13-20(31)26-24-27-21(18-9-7-6-8-10-18)22(32-24)23-25-11-12-29(23)5/h6-12,15H,13-14H2,1-5H3,(H,26,27,31). The summed E-state index contributed by atoms with van der Waals surface area (Å²) in [5, 5.41) is 8.19. The van der Waals surface area contributed by atoms with Gasteiger partial charge in [0.25, 0.3) is 0 Å². The van der Waals surface area contributed by atoms with E-state index in [1.807, 2.05) is 66.7 Å². The number of hydrogen-bond donors (Lipinski definition) is 1. The van der Waals surface area contributed by atoms with Crippen molar-refractivity contribution < 1.29 is 4.79 Å². The molecule has 0 spiro atoms. The lowest BCUT2D eigenvalue weighted by Gasteiger charge is -2.08. The maximum atomic E-state index is 12.9. The Bertz CT molecular complexity index is 1230. The van der Waals surface area contributed by atoms with Gasteiger partial charge in [-0.05, 0) is 19.8 Å². The average molecular weight is 449 g/mol. The van der Waals surface area contributed by atoms with E-state index in [-0.39, 0.29) is 12.3 Å². The van der Waals surface area contributed by atoms with Gasteiger partial charge in [0.2, 0.25) is 5.91 Å². The first kappa shape index (κ1) is 22.0. The van der Waals surface area contributed by atoms with Crippen LogP contribution in [-0.2, 0) is 24.8 Å². The summed E-state index contributed by atoms with van der Waals surface area (Å²) in [6, 6.07) is 9.97. The molecule has 1 N–H and O–H groups in total.